The van der Waals surface area contributed by atoms with Gasteiger partial charge in [-0.2, -0.15) is 5.10 Å². The summed E-state index contributed by atoms with van der Waals surface area (Å²) in [6.45, 7) is 0. The molecule has 10 nitrogen and oxygen atoms in total. The standard InChI is InChI=1S/C20H17Cl2N9OS3/c21-14-6-3-4-12(8-14)9-24-26-17-27-29-19(31(17)23)33-11-16(32)25-18-28-30-20(35-18)34-10-13-5-1-2-7-15(13)22/h1-9H,10-11,23H2,(H,26,27)(H,25,28,32)/b24-9+. The van der Waals surface area contributed by atoms with Crippen LogP contribution in [-0.2, 0) is 10.5 Å². The second-order valence-electron chi connectivity index (χ2n) is 6.69. The molecule has 35 heavy (non-hydrogen) atoms. The zero-order valence-electron chi connectivity index (χ0n) is 17.8. The smallest absolute Gasteiger partial charge is 0.264 e. The Morgan fingerprint density at radius 2 is 1.97 bits per heavy atom. The van der Waals surface area contributed by atoms with Gasteiger partial charge in [-0.15, -0.1) is 20.4 Å². The molecule has 2 aromatic heterocycles. The number of hydrogen-bond donors (Lipinski definition) is 3. The van der Waals surface area contributed by atoms with Crippen molar-refractivity contribution in [2.75, 3.05) is 22.3 Å². The molecule has 0 aliphatic rings. The van der Waals surface area contributed by atoms with Crippen LogP contribution in [0, 0.1) is 0 Å². The van der Waals surface area contributed by atoms with E-state index in [0.29, 0.717) is 26.1 Å². The number of amides is 1. The molecule has 2 aromatic carbocycles. The Morgan fingerprint density at radius 3 is 2.80 bits per heavy atom. The first-order chi connectivity index (χ1) is 17.0. The minimum Gasteiger partial charge on any atom is -0.334 e. The lowest BCUT2D eigenvalue weighted by atomic mass is 10.2. The quantitative estimate of drug-likeness (QED) is 0.0826. The van der Waals surface area contributed by atoms with E-state index in [1.165, 1.54) is 27.8 Å². The van der Waals surface area contributed by atoms with Gasteiger partial charge in [-0.25, -0.2) is 10.1 Å². The number of nitrogens with two attached hydrogens (primary N) is 1. The zero-order chi connectivity index (χ0) is 24.6. The molecule has 0 saturated heterocycles. The van der Waals surface area contributed by atoms with Crippen LogP contribution in [0.2, 0.25) is 10.0 Å². The molecule has 0 fully saturated rings. The highest BCUT2D eigenvalue weighted by molar-refractivity contribution is 8.00. The van der Waals surface area contributed by atoms with Crippen molar-refractivity contribution in [2.45, 2.75) is 15.2 Å². The van der Waals surface area contributed by atoms with Crippen molar-refractivity contribution in [2.24, 2.45) is 5.10 Å². The summed E-state index contributed by atoms with van der Waals surface area (Å²) in [6, 6.07) is 14.8. The molecule has 1 amide bonds. The highest BCUT2D eigenvalue weighted by Crippen LogP contribution is 2.30. The van der Waals surface area contributed by atoms with E-state index >= 15 is 0 Å². The average molecular weight is 567 g/mol. The summed E-state index contributed by atoms with van der Waals surface area (Å²) in [5.41, 5.74) is 4.52. The summed E-state index contributed by atoms with van der Waals surface area (Å²) < 4.78 is 1.94. The third-order valence-electron chi connectivity index (χ3n) is 4.19. The van der Waals surface area contributed by atoms with Gasteiger partial charge in [0.15, 0.2) is 4.34 Å². The number of aromatic nitrogens is 5. The van der Waals surface area contributed by atoms with Crippen molar-refractivity contribution in [3.8, 4) is 0 Å². The van der Waals surface area contributed by atoms with Crippen molar-refractivity contribution >= 4 is 81.3 Å². The number of benzene rings is 2. The maximum Gasteiger partial charge on any atom is 0.264 e. The highest BCUT2D eigenvalue weighted by atomic mass is 35.5. The minimum atomic E-state index is -0.273. The molecular weight excluding hydrogens is 549 g/mol. The Labute approximate surface area is 222 Å². The molecule has 4 aromatic rings. The maximum absolute atomic E-state index is 12.3. The predicted molar refractivity (Wildman–Crippen MR) is 143 cm³/mol. The fourth-order valence-electron chi connectivity index (χ4n) is 2.56. The van der Waals surface area contributed by atoms with Gasteiger partial charge in [-0.3, -0.25) is 10.1 Å². The number of hydrazone groups is 1. The first kappa shape index (κ1) is 25.3. The van der Waals surface area contributed by atoms with Crippen LogP contribution in [0.4, 0.5) is 11.1 Å². The first-order valence-electron chi connectivity index (χ1n) is 9.85. The number of carbonyl (C=O) groups is 1. The van der Waals surface area contributed by atoms with Crippen LogP contribution in [-0.4, -0.2) is 42.9 Å². The van der Waals surface area contributed by atoms with Gasteiger partial charge in [-0.05, 0) is 29.3 Å². The first-order valence-corrected chi connectivity index (χ1v) is 13.4. The van der Waals surface area contributed by atoms with Gasteiger partial charge < -0.3 is 5.84 Å². The lowest BCUT2D eigenvalue weighted by Gasteiger charge is -2.03. The molecule has 15 heteroatoms. The molecule has 4 N–H and O–H groups in total. The SMILES string of the molecule is Nn1c(N/N=C/c2cccc(Cl)c2)nnc1SCC(=O)Nc1nnc(SCc2ccccc2Cl)s1. The molecule has 0 aliphatic carbocycles. The Morgan fingerprint density at radius 1 is 1.11 bits per heavy atom. The predicted octanol–water partition coefficient (Wildman–Crippen LogP) is 4.62. The van der Waals surface area contributed by atoms with Crippen molar-refractivity contribution in [3.63, 3.8) is 0 Å². The van der Waals surface area contributed by atoms with Crippen LogP contribution < -0.4 is 16.6 Å². The van der Waals surface area contributed by atoms with Crippen LogP contribution in [0.1, 0.15) is 11.1 Å². The Bertz CT molecular complexity index is 1340. The number of nitrogens with one attached hydrogen (secondary N) is 2. The molecule has 0 spiro atoms. The van der Waals surface area contributed by atoms with E-state index in [9.17, 15) is 4.79 Å². The molecule has 0 radical (unpaired) electrons. The van der Waals surface area contributed by atoms with E-state index in [2.05, 4.69) is 36.2 Å². The van der Waals surface area contributed by atoms with Crippen molar-refractivity contribution in [3.05, 3.63) is 69.7 Å². The number of carbonyl (C=O) groups excluding carboxylic acids is 1. The Balaban J connectivity index is 1.24. The van der Waals surface area contributed by atoms with Crippen LogP contribution in [0.3, 0.4) is 0 Å². The molecular formula is C20H17Cl2N9OS3. The van der Waals surface area contributed by atoms with Gasteiger partial charge >= 0.3 is 0 Å². The fourth-order valence-corrected chi connectivity index (χ4v) is 5.47. The third kappa shape index (κ3) is 7.32. The average Bonchev–Trinajstić information content (AvgIpc) is 3.43. The fraction of sp³-hybridized carbons (Fsp3) is 0.100. The molecule has 4 rings (SSSR count). The molecule has 0 saturated carbocycles. The van der Waals surface area contributed by atoms with E-state index in [1.54, 1.807) is 18.3 Å². The third-order valence-corrected chi connectivity index (χ3v) is 7.75. The van der Waals surface area contributed by atoms with Crippen LogP contribution in [0.15, 0.2) is 63.1 Å². The van der Waals surface area contributed by atoms with Gasteiger partial charge in [0, 0.05) is 15.8 Å². The summed E-state index contributed by atoms with van der Waals surface area (Å²) in [7, 11) is 0. The zero-order valence-corrected chi connectivity index (χ0v) is 21.7. The van der Waals surface area contributed by atoms with Crippen molar-refractivity contribution in [1.82, 2.24) is 25.1 Å². The van der Waals surface area contributed by atoms with E-state index in [-0.39, 0.29) is 17.6 Å². The van der Waals surface area contributed by atoms with E-state index in [1.807, 2.05) is 36.4 Å². The number of halogens is 2. The molecule has 0 unspecified atom stereocenters. The van der Waals surface area contributed by atoms with Gasteiger partial charge in [-0.1, -0.05) is 88.4 Å². The summed E-state index contributed by atoms with van der Waals surface area (Å²) in [5.74, 6) is 6.65. The summed E-state index contributed by atoms with van der Waals surface area (Å²) in [5, 5.41) is 24.9. The topological polar surface area (TPSA) is 136 Å². The normalized spacial score (nSPS) is 11.1. The van der Waals surface area contributed by atoms with Crippen molar-refractivity contribution in [1.29, 1.82) is 0 Å². The molecule has 0 atom stereocenters. The number of hydrogen-bond acceptors (Lipinski definition) is 11. The second kappa shape index (κ2) is 12.2. The highest BCUT2D eigenvalue weighted by Gasteiger charge is 2.14. The maximum atomic E-state index is 12.3. The number of anilines is 2. The van der Waals surface area contributed by atoms with Crippen molar-refractivity contribution < 1.29 is 4.79 Å². The number of nitrogens with zero attached hydrogens (tertiary/aromatic N) is 6. The lowest BCUT2D eigenvalue weighted by molar-refractivity contribution is -0.113. The molecule has 180 valence electrons. The molecule has 0 aliphatic heterocycles. The summed E-state index contributed by atoms with van der Waals surface area (Å²) in [4.78, 5) is 12.3. The Kier molecular flexibility index (Phi) is 8.82. The number of rotatable bonds is 10. The van der Waals surface area contributed by atoms with Gasteiger partial charge in [0.25, 0.3) is 5.95 Å². The summed E-state index contributed by atoms with van der Waals surface area (Å²) in [6.07, 6.45) is 1.57. The van der Waals surface area contributed by atoms with E-state index < -0.39 is 0 Å². The van der Waals surface area contributed by atoms with Gasteiger partial charge in [0.2, 0.25) is 16.2 Å². The van der Waals surface area contributed by atoms with E-state index in [4.69, 9.17) is 29.0 Å². The van der Waals surface area contributed by atoms with Crippen LogP contribution in [0.5, 0.6) is 0 Å². The lowest BCUT2D eigenvalue weighted by Crippen LogP contribution is -2.16. The minimum absolute atomic E-state index is 0.0583. The largest absolute Gasteiger partial charge is 0.334 e. The second-order valence-corrected chi connectivity index (χ2v) is 10.7. The Hall–Kier alpha value is -2.84. The number of thioether (sulfide) groups is 2. The monoisotopic (exact) mass is 565 g/mol. The summed E-state index contributed by atoms with van der Waals surface area (Å²) >= 11 is 16.0. The van der Waals surface area contributed by atoms with Crippen LogP contribution >= 0.6 is 58.1 Å². The van der Waals surface area contributed by atoms with Crippen LogP contribution in [0.25, 0.3) is 0 Å². The van der Waals surface area contributed by atoms with Gasteiger partial charge in [0.05, 0.1) is 12.0 Å². The van der Waals surface area contributed by atoms with E-state index in [0.717, 1.165) is 27.2 Å². The molecule has 2 heterocycles. The molecule has 0 bridgehead atoms. The number of nitrogen functional groups attached to an aromatic ring is 1. The van der Waals surface area contributed by atoms with Gasteiger partial charge in [0.1, 0.15) is 0 Å².